The second-order valence-electron chi connectivity index (χ2n) is 30.8. The van der Waals surface area contributed by atoms with E-state index in [-0.39, 0.29) is 32.2 Å². The minimum atomic E-state index is -1.62. The van der Waals surface area contributed by atoms with Crippen molar-refractivity contribution >= 4 is 17.9 Å². The van der Waals surface area contributed by atoms with Gasteiger partial charge in [0, 0.05) is 12.8 Å². The van der Waals surface area contributed by atoms with Crippen LogP contribution in [-0.4, -0.2) is 82.3 Å². The maximum absolute atomic E-state index is 13.0. The number of aliphatic carboxylic acids is 1. The Hall–Kier alpha value is -4.05. The molecule has 0 aliphatic rings. The number of nitrogens with zero attached hydrogens (tertiary/aromatic N) is 1. The van der Waals surface area contributed by atoms with Gasteiger partial charge in [-0.1, -0.05) is 406 Å². The van der Waals surface area contributed by atoms with Crippen LogP contribution >= 0.6 is 0 Å². The fourth-order valence-electron chi connectivity index (χ4n) is 12.8. The predicted octanol–water partition coefficient (Wildman–Crippen LogP) is 27.5. The number of hydrogen-bond donors (Lipinski definition) is 0. The number of esters is 2. The van der Waals surface area contributed by atoms with E-state index in [1.807, 2.05) is 21.1 Å². The molecule has 0 aliphatic heterocycles. The van der Waals surface area contributed by atoms with E-state index in [0.29, 0.717) is 23.9 Å². The lowest BCUT2D eigenvalue weighted by molar-refractivity contribution is -0.870. The first-order valence-corrected chi connectivity index (χ1v) is 44.0. The van der Waals surface area contributed by atoms with Crippen LogP contribution in [0.2, 0.25) is 0 Å². The molecule has 0 aromatic rings. The molecule has 0 spiro atoms. The molecule has 0 aliphatic carbocycles. The Morgan fingerprint density at radius 3 is 0.825 bits per heavy atom. The van der Waals surface area contributed by atoms with Gasteiger partial charge in [-0.25, -0.2) is 0 Å². The molecule has 0 N–H and O–H groups in total. The molecule has 0 radical (unpaired) electrons. The number of rotatable bonds is 82. The van der Waals surface area contributed by atoms with Crippen molar-refractivity contribution in [1.29, 1.82) is 0 Å². The van der Waals surface area contributed by atoms with E-state index >= 15 is 0 Å². The Labute approximate surface area is 638 Å². The molecule has 0 heterocycles. The molecule has 596 valence electrons. The lowest BCUT2D eigenvalue weighted by Crippen LogP contribution is -2.44. The standard InChI is InChI=1S/C94H167NO8/c1-6-8-10-12-14-16-18-20-22-24-26-28-30-32-34-36-38-40-42-44-45-46-47-49-51-53-55-57-59-61-63-65-67-69-71-73-75-77-79-81-83-85-92(97)103-90(89-102-94(93(98)99)100-87-86-95(3,4)5)88-101-91(96)84-82-80-78-76-74-72-70-68-66-64-62-60-58-56-54-52-50-48-43-41-39-37-35-33-31-29-27-25-23-21-19-17-15-13-11-9-7-2/h8,10,14,16,19-22,25-28,32,34,38,40,44-45,90,94H,6-7,9,11-13,15,17-18,23-24,29-31,33,35-37,39,41-43,46-89H2,1-5H3/b10-8-,16-14-,21-19-,22-20-,27-25-,28-26-,34-32-,40-38-,45-44-. The summed E-state index contributed by atoms with van der Waals surface area (Å²) in [6, 6.07) is 0. The average Bonchev–Trinajstić information content (AvgIpc) is 1.01. The number of carboxylic acid groups (broad SMARTS) is 1. The zero-order chi connectivity index (χ0) is 74.6. The average molecular weight is 1440 g/mol. The molecule has 0 rings (SSSR count). The molecule has 0 amide bonds. The summed E-state index contributed by atoms with van der Waals surface area (Å²) in [5.74, 6) is -2.26. The van der Waals surface area contributed by atoms with E-state index in [9.17, 15) is 19.5 Å². The molecule has 103 heavy (non-hydrogen) atoms. The molecule has 2 unspecified atom stereocenters. The molecule has 0 saturated heterocycles. The minimum absolute atomic E-state index is 0.148. The lowest BCUT2D eigenvalue weighted by atomic mass is 10.0. The largest absolute Gasteiger partial charge is 0.545 e. The summed E-state index contributed by atoms with van der Waals surface area (Å²) in [5.41, 5.74) is 0. The highest BCUT2D eigenvalue weighted by Crippen LogP contribution is 2.20. The summed E-state index contributed by atoms with van der Waals surface area (Å²) in [7, 11) is 5.95. The number of ether oxygens (including phenoxy) is 4. The van der Waals surface area contributed by atoms with Gasteiger partial charge in [0.05, 0.1) is 40.3 Å². The minimum Gasteiger partial charge on any atom is -0.545 e. The van der Waals surface area contributed by atoms with Gasteiger partial charge in [-0.2, -0.15) is 0 Å². The first-order chi connectivity index (χ1) is 50.6. The van der Waals surface area contributed by atoms with E-state index in [1.165, 1.54) is 295 Å². The summed E-state index contributed by atoms with van der Waals surface area (Å²) in [6.45, 7) is 4.68. The third-order valence-corrected chi connectivity index (χ3v) is 19.5. The van der Waals surface area contributed by atoms with Crippen molar-refractivity contribution in [3.05, 3.63) is 109 Å². The van der Waals surface area contributed by atoms with Crippen LogP contribution < -0.4 is 5.11 Å². The van der Waals surface area contributed by atoms with Gasteiger partial charge in [-0.3, -0.25) is 9.59 Å². The van der Waals surface area contributed by atoms with Gasteiger partial charge < -0.3 is 33.3 Å². The van der Waals surface area contributed by atoms with Gasteiger partial charge in [0.25, 0.3) is 0 Å². The Morgan fingerprint density at radius 1 is 0.301 bits per heavy atom. The number of hydrogen-bond acceptors (Lipinski definition) is 8. The molecule has 9 heteroatoms. The van der Waals surface area contributed by atoms with Gasteiger partial charge >= 0.3 is 11.9 Å². The van der Waals surface area contributed by atoms with Crippen LogP contribution in [-0.2, 0) is 33.3 Å². The van der Waals surface area contributed by atoms with Crippen molar-refractivity contribution < 1.29 is 42.9 Å². The van der Waals surface area contributed by atoms with Gasteiger partial charge in [0.1, 0.15) is 13.2 Å². The molecule has 0 saturated carbocycles. The molecular weight excluding hydrogens is 1270 g/mol. The Bertz CT molecular complexity index is 2070. The highest BCUT2D eigenvalue weighted by atomic mass is 16.7. The molecule has 9 nitrogen and oxygen atoms in total. The van der Waals surface area contributed by atoms with Gasteiger partial charge in [-0.15, -0.1) is 0 Å². The maximum Gasteiger partial charge on any atom is 0.306 e. The summed E-state index contributed by atoms with van der Waals surface area (Å²) in [6.07, 6.45) is 115. The third kappa shape index (κ3) is 85.1. The first kappa shape index (κ1) is 98.9. The van der Waals surface area contributed by atoms with Crippen molar-refractivity contribution in [2.24, 2.45) is 0 Å². The number of unbranched alkanes of at least 4 members (excludes halogenated alkanes) is 49. The number of quaternary nitrogens is 1. The van der Waals surface area contributed by atoms with Crippen molar-refractivity contribution in [1.82, 2.24) is 0 Å². The quantitative estimate of drug-likeness (QED) is 0.0195. The fraction of sp³-hybridized carbons (Fsp3) is 0.777. The number of likely N-dealkylation sites (N-methyl/N-ethyl adjacent to an activating group) is 1. The number of carbonyl (C=O) groups excluding carboxylic acids is 3. The van der Waals surface area contributed by atoms with Crippen LogP contribution in [0.1, 0.15) is 412 Å². The highest BCUT2D eigenvalue weighted by Gasteiger charge is 2.22. The predicted molar refractivity (Wildman–Crippen MR) is 444 cm³/mol. The van der Waals surface area contributed by atoms with Gasteiger partial charge in [-0.05, 0) is 103 Å². The van der Waals surface area contributed by atoms with Gasteiger partial charge in [0.2, 0.25) is 0 Å². The summed E-state index contributed by atoms with van der Waals surface area (Å²) in [5, 5.41) is 11.9. The SMILES string of the molecule is CC/C=C\C/C=C\C/C=C\C/C=C\C/C=C\C/C=C\C/C=C\CCCCCCCCCCCCCCCCCCCCCC(=O)OC(COC(=O)CCCCCCCCCCCCCCCCCCCCCCCCCCC/C=C\C/C=C\CCCCCCC)COC(OCC[N+](C)(C)C)C(=O)[O-]. The first-order valence-electron chi connectivity index (χ1n) is 44.0. The summed E-state index contributed by atoms with van der Waals surface area (Å²) >= 11 is 0. The molecule has 0 aromatic heterocycles. The zero-order valence-corrected chi connectivity index (χ0v) is 68.4. The number of carbonyl (C=O) groups is 3. The van der Waals surface area contributed by atoms with E-state index in [0.717, 1.165) is 83.5 Å². The lowest BCUT2D eigenvalue weighted by Gasteiger charge is -2.26. The van der Waals surface area contributed by atoms with Crippen LogP contribution in [0.3, 0.4) is 0 Å². The second-order valence-corrected chi connectivity index (χ2v) is 30.8. The third-order valence-electron chi connectivity index (χ3n) is 19.5. The smallest absolute Gasteiger partial charge is 0.306 e. The summed E-state index contributed by atoms with van der Waals surface area (Å²) < 4.78 is 22.9. The van der Waals surface area contributed by atoms with Crippen LogP contribution in [0.5, 0.6) is 0 Å². The molecule has 2 atom stereocenters. The molecule has 0 fully saturated rings. The highest BCUT2D eigenvalue weighted by molar-refractivity contribution is 5.70. The van der Waals surface area contributed by atoms with Crippen LogP contribution in [0.15, 0.2) is 109 Å². The van der Waals surface area contributed by atoms with E-state index < -0.39 is 24.3 Å². The van der Waals surface area contributed by atoms with Crippen molar-refractivity contribution in [3.8, 4) is 0 Å². The maximum atomic E-state index is 13.0. The Kier molecular flexibility index (Phi) is 80.3. The van der Waals surface area contributed by atoms with Gasteiger partial charge in [0.15, 0.2) is 12.4 Å². The summed E-state index contributed by atoms with van der Waals surface area (Å²) in [4.78, 5) is 37.7. The Morgan fingerprint density at radius 2 is 0.553 bits per heavy atom. The van der Waals surface area contributed by atoms with Crippen LogP contribution in [0.25, 0.3) is 0 Å². The van der Waals surface area contributed by atoms with E-state index in [4.69, 9.17) is 18.9 Å². The molecular formula is C94H167NO8. The molecule has 0 bridgehead atoms. The van der Waals surface area contributed by atoms with Crippen molar-refractivity contribution in [2.75, 3.05) is 47.5 Å². The van der Waals surface area contributed by atoms with E-state index in [2.05, 4.69) is 123 Å². The van der Waals surface area contributed by atoms with Crippen LogP contribution in [0.4, 0.5) is 0 Å². The number of carboxylic acids is 1. The monoisotopic (exact) mass is 1440 g/mol. The normalized spacial score (nSPS) is 13.1. The fourth-order valence-corrected chi connectivity index (χ4v) is 12.8. The number of allylic oxidation sites excluding steroid dienone is 18. The van der Waals surface area contributed by atoms with E-state index in [1.54, 1.807) is 0 Å². The van der Waals surface area contributed by atoms with Crippen molar-refractivity contribution in [2.45, 2.75) is 424 Å². The zero-order valence-electron chi connectivity index (χ0n) is 68.4. The van der Waals surface area contributed by atoms with Crippen LogP contribution in [0, 0.1) is 0 Å². The second kappa shape index (κ2) is 83.6. The Balaban J connectivity index is 3.95. The molecule has 0 aromatic carbocycles. The topological polar surface area (TPSA) is 111 Å². The van der Waals surface area contributed by atoms with Crippen molar-refractivity contribution in [3.63, 3.8) is 0 Å².